The third-order valence-electron chi connectivity index (χ3n) is 5.46. The second kappa shape index (κ2) is 10.1. The topological polar surface area (TPSA) is 95.7 Å². The highest BCUT2D eigenvalue weighted by atomic mass is 16.5. The van der Waals surface area contributed by atoms with E-state index in [4.69, 9.17) is 15.2 Å². The van der Waals surface area contributed by atoms with E-state index in [1.165, 1.54) is 0 Å². The number of fused-ring (bicyclic) bond motifs is 1. The number of ketones is 1. The first-order chi connectivity index (χ1) is 15.0. The van der Waals surface area contributed by atoms with Crippen LogP contribution in [-0.4, -0.2) is 24.3 Å². The molecule has 1 unspecified atom stereocenters. The van der Waals surface area contributed by atoms with Gasteiger partial charge in [-0.25, -0.2) is 9.59 Å². The zero-order valence-corrected chi connectivity index (χ0v) is 17.9. The fourth-order valence-electron chi connectivity index (χ4n) is 3.46. The van der Waals surface area contributed by atoms with Crippen molar-refractivity contribution in [1.29, 1.82) is 0 Å². The van der Waals surface area contributed by atoms with Crippen molar-refractivity contribution in [2.45, 2.75) is 39.5 Å². The van der Waals surface area contributed by atoms with Crippen LogP contribution < -0.4 is 10.5 Å². The van der Waals surface area contributed by atoms with E-state index in [0.29, 0.717) is 23.7 Å². The van der Waals surface area contributed by atoms with Crippen molar-refractivity contribution < 1.29 is 23.9 Å². The van der Waals surface area contributed by atoms with E-state index in [1.54, 1.807) is 48.5 Å². The zero-order chi connectivity index (χ0) is 22.4. The number of ether oxygens (including phenoxy) is 2. The van der Waals surface area contributed by atoms with Crippen LogP contribution in [0.25, 0.3) is 5.70 Å². The molecule has 0 amide bonds. The van der Waals surface area contributed by atoms with Crippen LogP contribution in [0.2, 0.25) is 0 Å². The first kappa shape index (κ1) is 22.3. The Hall–Kier alpha value is -3.41. The van der Waals surface area contributed by atoms with Crippen molar-refractivity contribution in [2.75, 3.05) is 6.61 Å². The molecule has 0 fully saturated rings. The molecular formula is C25H27NO5. The summed E-state index contributed by atoms with van der Waals surface area (Å²) in [5.74, 6) is -1.10. The number of esters is 2. The van der Waals surface area contributed by atoms with Crippen molar-refractivity contribution in [1.82, 2.24) is 0 Å². The van der Waals surface area contributed by atoms with Gasteiger partial charge in [-0.3, -0.25) is 4.79 Å². The molecule has 0 radical (unpaired) electrons. The fourth-order valence-corrected chi connectivity index (χ4v) is 3.46. The van der Waals surface area contributed by atoms with E-state index in [2.05, 4.69) is 13.8 Å². The molecule has 31 heavy (non-hydrogen) atoms. The van der Waals surface area contributed by atoms with Crippen LogP contribution in [-0.2, 0) is 9.53 Å². The van der Waals surface area contributed by atoms with Gasteiger partial charge in [-0.2, -0.15) is 0 Å². The molecule has 6 nitrogen and oxygen atoms in total. The van der Waals surface area contributed by atoms with Crippen LogP contribution in [0.1, 0.15) is 65.8 Å². The summed E-state index contributed by atoms with van der Waals surface area (Å²) in [7, 11) is 0. The Morgan fingerprint density at radius 2 is 1.71 bits per heavy atom. The summed E-state index contributed by atoms with van der Waals surface area (Å²) in [6, 6.07) is 12.8. The van der Waals surface area contributed by atoms with Gasteiger partial charge in [-0.15, -0.1) is 0 Å². The van der Waals surface area contributed by atoms with Gasteiger partial charge in [-0.05, 0) is 42.2 Å². The largest absolute Gasteiger partial charge is 0.462 e. The summed E-state index contributed by atoms with van der Waals surface area (Å²) in [4.78, 5) is 37.5. The van der Waals surface area contributed by atoms with Crippen LogP contribution in [0.4, 0.5) is 0 Å². The Balaban J connectivity index is 1.74. The molecule has 0 bridgehead atoms. The highest BCUT2D eigenvalue weighted by Gasteiger charge is 2.33. The van der Waals surface area contributed by atoms with Crippen LogP contribution in [0, 0.1) is 5.92 Å². The third kappa shape index (κ3) is 5.02. The molecule has 3 rings (SSSR count). The second-order valence-electron chi connectivity index (χ2n) is 7.60. The van der Waals surface area contributed by atoms with Crippen LogP contribution in [0.5, 0.6) is 5.75 Å². The summed E-state index contributed by atoms with van der Waals surface area (Å²) in [5, 5.41) is 0. The first-order valence-electron chi connectivity index (χ1n) is 10.6. The number of carbonyl (C=O) groups is 3. The number of nitrogens with two attached hydrogens (primary N) is 1. The standard InChI is InChI=1S/C25H27NO5/c1-3-5-8-16(4-2)15-30-24(28)18-13-11-17(12-14-18)22(26)21-23(27)19-9-6-7-10-20(19)31-25(21)29/h6-7,9-14,16H,3-5,8,15,26H2,1-2H3/b22-21-. The lowest BCUT2D eigenvalue weighted by atomic mass is 9.95. The lowest BCUT2D eigenvalue weighted by molar-refractivity contribution is -0.130. The maximum atomic E-state index is 12.8. The Morgan fingerprint density at radius 1 is 1.03 bits per heavy atom. The molecule has 0 spiro atoms. The lowest BCUT2D eigenvalue weighted by Gasteiger charge is -2.18. The minimum Gasteiger partial charge on any atom is -0.462 e. The number of carbonyl (C=O) groups excluding carboxylic acids is 3. The molecule has 2 aromatic rings. The molecule has 1 aliphatic rings. The predicted molar refractivity (Wildman–Crippen MR) is 118 cm³/mol. The summed E-state index contributed by atoms with van der Waals surface area (Å²) in [5.41, 5.74) is 7.06. The maximum absolute atomic E-state index is 12.8. The van der Waals surface area contributed by atoms with E-state index < -0.39 is 17.7 Å². The number of para-hydroxylation sites is 1. The molecule has 0 aromatic heterocycles. The van der Waals surface area contributed by atoms with Crippen LogP contribution in [0.3, 0.4) is 0 Å². The predicted octanol–water partition coefficient (Wildman–Crippen LogP) is 4.53. The molecule has 1 aliphatic heterocycles. The summed E-state index contributed by atoms with van der Waals surface area (Å²) >= 11 is 0. The molecule has 0 saturated carbocycles. The molecule has 1 heterocycles. The van der Waals surface area contributed by atoms with Gasteiger partial charge >= 0.3 is 11.9 Å². The highest BCUT2D eigenvalue weighted by Crippen LogP contribution is 2.30. The maximum Gasteiger partial charge on any atom is 0.349 e. The smallest absolute Gasteiger partial charge is 0.349 e. The number of rotatable bonds is 8. The van der Waals surface area contributed by atoms with E-state index in [1.807, 2.05) is 0 Å². The quantitative estimate of drug-likeness (QED) is 0.291. The molecule has 1 atom stereocenters. The van der Waals surface area contributed by atoms with Crippen molar-refractivity contribution in [3.05, 3.63) is 70.8 Å². The van der Waals surface area contributed by atoms with Gasteiger partial charge in [-0.1, -0.05) is 57.4 Å². The number of hydrogen-bond donors (Lipinski definition) is 1. The Bertz CT molecular complexity index is 1010. The van der Waals surface area contributed by atoms with Crippen molar-refractivity contribution in [3.8, 4) is 5.75 Å². The van der Waals surface area contributed by atoms with Gasteiger partial charge in [0.15, 0.2) is 0 Å². The highest BCUT2D eigenvalue weighted by molar-refractivity contribution is 6.31. The minimum absolute atomic E-state index is 0.00929. The van der Waals surface area contributed by atoms with Gasteiger partial charge in [0, 0.05) is 0 Å². The van der Waals surface area contributed by atoms with Crippen molar-refractivity contribution in [2.24, 2.45) is 11.7 Å². The van der Waals surface area contributed by atoms with E-state index in [9.17, 15) is 14.4 Å². The number of hydrogen-bond acceptors (Lipinski definition) is 6. The van der Waals surface area contributed by atoms with Crippen LogP contribution in [0.15, 0.2) is 54.1 Å². The third-order valence-corrected chi connectivity index (χ3v) is 5.46. The average molecular weight is 421 g/mol. The summed E-state index contributed by atoms with van der Waals surface area (Å²) in [6.07, 6.45) is 4.23. The first-order valence-corrected chi connectivity index (χ1v) is 10.6. The monoisotopic (exact) mass is 421 g/mol. The zero-order valence-electron chi connectivity index (χ0n) is 17.9. The van der Waals surface area contributed by atoms with Crippen molar-refractivity contribution >= 4 is 23.4 Å². The number of Topliss-reactive ketones (excluding diaryl/α,β-unsaturated/α-hetero) is 1. The fraction of sp³-hybridized carbons (Fsp3) is 0.320. The van der Waals surface area contributed by atoms with E-state index in [-0.39, 0.29) is 22.6 Å². The summed E-state index contributed by atoms with van der Waals surface area (Å²) in [6.45, 7) is 4.62. The van der Waals surface area contributed by atoms with Gasteiger partial charge in [0.05, 0.1) is 23.4 Å². The lowest BCUT2D eigenvalue weighted by Crippen LogP contribution is -2.28. The second-order valence-corrected chi connectivity index (χ2v) is 7.60. The SMILES string of the molecule is CCCCC(CC)COC(=O)c1ccc(/C(N)=C2/C(=O)Oc3ccccc3C2=O)cc1. The van der Waals surface area contributed by atoms with Crippen LogP contribution >= 0.6 is 0 Å². The van der Waals surface area contributed by atoms with Gasteiger partial charge < -0.3 is 15.2 Å². The summed E-state index contributed by atoms with van der Waals surface area (Å²) < 4.78 is 10.7. The molecule has 0 saturated heterocycles. The molecule has 2 aromatic carbocycles. The van der Waals surface area contributed by atoms with Gasteiger partial charge in [0.25, 0.3) is 0 Å². The Kier molecular flexibility index (Phi) is 7.23. The normalized spacial score (nSPS) is 15.7. The Morgan fingerprint density at radius 3 is 2.39 bits per heavy atom. The van der Waals surface area contributed by atoms with E-state index >= 15 is 0 Å². The van der Waals surface area contributed by atoms with E-state index in [0.717, 1.165) is 25.7 Å². The minimum atomic E-state index is -0.789. The van der Waals surface area contributed by atoms with Gasteiger partial charge in [0.1, 0.15) is 11.3 Å². The number of unbranched alkanes of at least 4 members (excludes halogenated alkanes) is 1. The molecule has 162 valence electrons. The molecule has 2 N–H and O–H groups in total. The number of benzene rings is 2. The average Bonchev–Trinajstić information content (AvgIpc) is 2.79. The Labute approximate surface area is 182 Å². The molecule has 6 heteroatoms. The molecule has 0 aliphatic carbocycles. The van der Waals surface area contributed by atoms with Gasteiger partial charge in [0.2, 0.25) is 5.78 Å². The molecular weight excluding hydrogens is 394 g/mol. The van der Waals surface area contributed by atoms with Crippen molar-refractivity contribution in [3.63, 3.8) is 0 Å².